The third-order valence-electron chi connectivity index (χ3n) is 3.10. The second-order valence-corrected chi connectivity index (χ2v) is 6.45. The van der Waals surface area contributed by atoms with Crippen LogP contribution in [0.1, 0.15) is 12.0 Å². The maximum Gasteiger partial charge on any atom is 0.416 e. The predicted molar refractivity (Wildman–Crippen MR) is 75.0 cm³/mol. The smallest absolute Gasteiger partial charge is 0.329 e. The summed E-state index contributed by atoms with van der Waals surface area (Å²) in [6.07, 6.45) is 2.37. The number of carbonyl (C=O) groups is 1. The van der Waals surface area contributed by atoms with Crippen LogP contribution in [0.25, 0.3) is 0 Å². The number of nitrogens with one attached hydrogen (secondary N) is 1. The van der Waals surface area contributed by atoms with E-state index >= 15 is 0 Å². The molecule has 9 heteroatoms. The van der Waals surface area contributed by atoms with Gasteiger partial charge in [0.1, 0.15) is 6.04 Å². The van der Waals surface area contributed by atoms with Crippen molar-refractivity contribution in [3.05, 3.63) is 42.2 Å². The fourth-order valence-corrected chi connectivity index (χ4v) is 3.50. The van der Waals surface area contributed by atoms with Crippen LogP contribution in [0.4, 0.5) is 13.2 Å². The Morgan fingerprint density at radius 3 is 2.65 bits per heavy atom. The summed E-state index contributed by atoms with van der Waals surface area (Å²) in [5.41, 5.74) is -1.10. The van der Waals surface area contributed by atoms with E-state index in [2.05, 4.69) is 11.2 Å². The molecule has 2 rings (SSSR count). The number of sulfonamides is 1. The summed E-state index contributed by atoms with van der Waals surface area (Å²) in [4.78, 5) is 11.2. The van der Waals surface area contributed by atoms with E-state index in [-0.39, 0.29) is 6.42 Å². The Morgan fingerprint density at radius 1 is 1.35 bits per heavy atom. The Morgan fingerprint density at radius 2 is 2.04 bits per heavy atom. The Hall–Kier alpha value is -2.47. The quantitative estimate of drug-likeness (QED) is 0.849. The molecule has 0 saturated heterocycles. The van der Waals surface area contributed by atoms with Gasteiger partial charge < -0.3 is 5.32 Å². The third-order valence-corrected chi connectivity index (χ3v) is 4.89. The Kier molecular flexibility index (Phi) is 4.38. The zero-order chi connectivity index (χ0) is 17.3. The number of alkyl halides is 3. The monoisotopic (exact) mass is 344 g/mol. The second kappa shape index (κ2) is 5.96. The standard InChI is InChI=1S/C14H11F3N2O3S/c1-2-4-12-13(20)18-7-8-19(12)23(21,22)11-6-3-5-10(9-11)14(15,16)17/h1,3,5-9,12H,4H2,(H,18,20). The number of hydrogen-bond acceptors (Lipinski definition) is 3. The van der Waals surface area contributed by atoms with Crippen LogP contribution in [0.15, 0.2) is 41.6 Å². The summed E-state index contributed by atoms with van der Waals surface area (Å²) >= 11 is 0. The van der Waals surface area contributed by atoms with E-state index in [1.54, 1.807) is 0 Å². The van der Waals surface area contributed by atoms with Crippen LogP contribution in [0.2, 0.25) is 0 Å². The molecule has 1 unspecified atom stereocenters. The van der Waals surface area contributed by atoms with Crippen LogP contribution >= 0.6 is 0 Å². The molecule has 1 heterocycles. The van der Waals surface area contributed by atoms with E-state index in [1.165, 1.54) is 0 Å². The molecule has 1 aliphatic rings. The van der Waals surface area contributed by atoms with Gasteiger partial charge in [-0.1, -0.05) is 6.07 Å². The fourth-order valence-electron chi connectivity index (χ4n) is 2.01. The molecule has 1 aromatic carbocycles. The molecule has 122 valence electrons. The van der Waals surface area contributed by atoms with Crippen molar-refractivity contribution in [3.8, 4) is 12.3 Å². The minimum atomic E-state index is -4.68. The van der Waals surface area contributed by atoms with Crippen LogP contribution in [0.5, 0.6) is 0 Å². The average molecular weight is 344 g/mol. The molecule has 0 spiro atoms. The van der Waals surface area contributed by atoms with Crippen molar-refractivity contribution < 1.29 is 26.4 Å². The van der Waals surface area contributed by atoms with Crippen LogP contribution in [-0.2, 0) is 21.0 Å². The summed E-state index contributed by atoms with van der Waals surface area (Å²) < 4.78 is 64.0. The molecule has 23 heavy (non-hydrogen) atoms. The lowest BCUT2D eigenvalue weighted by molar-refractivity contribution is -0.137. The van der Waals surface area contributed by atoms with Gasteiger partial charge in [-0.3, -0.25) is 9.10 Å². The van der Waals surface area contributed by atoms with Gasteiger partial charge in [0, 0.05) is 18.8 Å². The van der Waals surface area contributed by atoms with Crippen molar-refractivity contribution in [2.45, 2.75) is 23.5 Å². The first kappa shape index (κ1) is 16.9. The highest BCUT2D eigenvalue weighted by Gasteiger charge is 2.37. The summed E-state index contributed by atoms with van der Waals surface area (Å²) in [7, 11) is -4.36. The highest BCUT2D eigenvalue weighted by Crippen LogP contribution is 2.31. The zero-order valence-electron chi connectivity index (χ0n) is 11.5. The molecule has 0 aromatic heterocycles. The zero-order valence-corrected chi connectivity index (χ0v) is 12.4. The fraction of sp³-hybridized carbons (Fsp3) is 0.214. The average Bonchev–Trinajstić information content (AvgIpc) is 2.48. The van der Waals surface area contributed by atoms with Gasteiger partial charge in [0.25, 0.3) is 10.0 Å². The van der Waals surface area contributed by atoms with E-state index in [0.717, 1.165) is 30.6 Å². The number of hydrogen-bond donors (Lipinski definition) is 1. The lowest BCUT2D eigenvalue weighted by atomic mass is 10.2. The number of terminal acetylenes is 1. The van der Waals surface area contributed by atoms with Crippen molar-refractivity contribution >= 4 is 15.9 Å². The van der Waals surface area contributed by atoms with Gasteiger partial charge in [-0.05, 0) is 18.2 Å². The Balaban J connectivity index is 2.49. The van der Waals surface area contributed by atoms with Crippen molar-refractivity contribution in [3.63, 3.8) is 0 Å². The first-order valence-corrected chi connectivity index (χ1v) is 7.73. The van der Waals surface area contributed by atoms with Gasteiger partial charge in [0.15, 0.2) is 0 Å². The molecule has 1 aromatic rings. The lowest BCUT2D eigenvalue weighted by Crippen LogP contribution is -2.48. The number of carbonyl (C=O) groups excluding carboxylic acids is 1. The normalized spacial score (nSPS) is 18.4. The highest BCUT2D eigenvalue weighted by molar-refractivity contribution is 7.89. The van der Waals surface area contributed by atoms with Crippen LogP contribution in [0, 0.1) is 12.3 Å². The Bertz CT molecular complexity index is 794. The number of rotatable bonds is 3. The van der Waals surface area contributed by atoms with Gasteiger partial charge in [-0.25, -0.2) is 8.42 Å². The molecule has 0 fully saturated rings. The summed E-state index contributed by atoms with van der Waals surface area (Å²) in [5, 5.41) is 2.30. The molecule has 1 amide bonds. The summed E-state index contributed by atoms with van der Waals surface area (Å²) in [5.74, 6) is 1.52. The van der Waals surface area contributed by atoms with Crippen LogP contribution in [-0.4, -0.2) is 24.7 Å². The van der Waals surface area contributed by atoms with Gasteiger partial charge in [0.05, 0.1) is 10.5 Å². The van der Waals surface area contributed by atoms with Crippen LogP contribution < -0.4 is 5.32 Å². The predicted octanol–water partition coefficient (Wildman–Crippen LogP) is 1.69. The van der Waals surface area contributed by atoms with Crippen LogP contribution in [0.3, 0.4) is 0 Å². The third kappa shape index (κ3) is 3.32. The molecule has 5 nitrogen and oxygen atoms in total. The number of benzene rings is 1. The van der Waals surface area contributed by atoms with E-state index in [1.807, 2.05) is 0 Å². The van der Waals surface area contributed by atoms with Gasteiger partial charge >= 0.3 is 6.18 Å². The van der Waals surface area contributed by atoms with Gasteiger partial charge in [0.2, 0.25) is 5.91 Å². The SMILES string of the molecule is C#CCC1C(=O)NC=CN1S(=O)(=O)c1cccc(C(F)(F)F)c1. The van der Waals surface area contributed by atoms with Gasteiger partial charge in [-0.15, -0.1) is 12.3 Å². The van der Waals surface area contributed by atoms with Crippen molar-refractivity contribution in [2.24, 2.45) is 0 Å². The Labute approximate surface area is 130 Å². The molecular formula is C14H11F3N2O3S. The molecule has 1 aliphatic heterocycles. The van der Waals surface area contributed by atoms with Crippen molar-refractivity contribution in [1.29, 1.82) is 0 Å². The molecule has 0 aliphatic carbocycles. The molecule has 0 saturated carbocycles. The number of halogens is 3. The van der Waals surface area contributed by atoms with Crippen molar-refractivity contribution in [1.82, 2.24) is 9.62 Å². The van der Waals surface area contributed by atoms with Crippen molar-refractivity contribution in [2.75, 3.05) is 0 Å². The second-order valence-electron chi connectivity index (χ2n) is 4.61. The van der Waals surface area contributed by atoms with Gasteiger partial charge in [-0.2, -0.15) is 13.2 Å². The number of nitrogens with zero attached hydrogens (tertiary/aromatic N) is 1. The van der Waals surface area contributed by atoms with E-state index in [0.29, 0.717) is 10.4 Å². The van der Waals surface area contributed by atoms with E-state index in [9.17, 15) is 26.4 Å². The minimum absolute atomic E-state index is 0.214. The first-order chi connectivity index (χ1) is 10.7. The molecule has 1 atom stereocenters. The number of amides is 1. The minimum Gasteiger partial charge on any atom is -0.329 e. The molecule has 0 bridgehead atoms. The summed E-state index contributed by atoms with van der Waals surface area (Å²) in [6.45, 7) is 0. The maximum atomic E-state index is 12.7. The highest BCUT2D eigenvalue weighted by atomic mass is 32.2. The molecule has 0 radical (unpaired) electrons. The molecular weight excluding hydrogens is 333 g/mol. The lowest BCUT2D eigenvalue weighted by Gasteiger charge is -2.30. The van der Waals surface area contributed by atoms with E-state index < -0.39 is 38.6 Å². The molecule has 1 N–H and O–H groups in total. The first-order valence-electron chi connectivity index (χ1n) is 6.29. The van der Waals surface area contributed by atoms with E-state index in [4.69, 9.17) is 6.42 Å². The summed E-state index contributed by atoms with van der Waals surface area (Å²) in [6, 6.07) is 2.07. The topological polar surface area (TPSA) is 66.5 Å². The largest absolute Gasteiger partial charge is 0.416 e. The maximum absolute atomic E-state index is 12.7.